The van der Waals surface area contributed by atoms with Gasteiger partial charge in [0.05, 0.1) is 0 Å². The molecule has 1 aliphatic carbocycles. The van der Waals surface area contributed by atoms with Crippen LogP contribution in [0.1, 0.15) is 380 Å². The Kier molecular flexibility index (Phi) is 55.4. The van der Waals surface area contributed by atoms with E-state index in [1.165, 1.54) is 60.2 Å². The number of nitrogens with zero attached hydrogens (tertiary/aromatic N) is 1. The van der Waals surface area contributed by atoms with Gasteiger partial charge in [-0.25, -0.2) is 13.2 Å². The number of hydrogen-bond donors (Lipinski definition) is 10. The van der Waals surface area contributed by atoms with Crippen LogP contribution in [0.2, 0.25) is 15.1 Å². The van der Waals surface area contributed by atoms with Gasteiger partial charge in [-0.05, 0) is 378 Å². The Labute approximate surface area is 751 Å². The highest BCUT2D eigenvalue weighted by Crippen LogP contribution is 2.29. The Hall–Kier alpha value is -4.75. The van der Waals surface area contributed by atoms with Gasteiger partial charge in [-0.15, -0.1) is 6.58 Å². The average molecular weight is 1730 g/mol. The van der Waals surface area contributed by atoms with Gasteiger partial charge in [0.2, 0.25) is 0 Å². The molecule has 0 amide bonds. The summed E-state index contributed by atoms with van der Waals surface area (Å²) in [7, 11) is 0. The molecule has 1 aliphatic rings. The minimum atomic E-state index is -0.542. The SMILES string of the molecule is C=C[C@H](C)NC(C)(C)C.CC(C)(C)NC1CC1.CC(C)[C@H](C)NC(C)(C)C.CC[C@H](C)NC(C)(C)C.C[C@H](NC(C)(C)C)c1ccc(Cl)cc1.C[C@H](NC(C)(C)C)c1ccc(Cl)cc1Cl.C[C@H](NC(C)(C)C)c1ccc(F)cc1.C[C@H](NC(C)(C)C)c1ccc(F)cc1F.C[C@H](NC(C)(C)C)c1ccccc1.C[C@H](NC(C)(C)C)c1ccncc1. The van der Waals surface area contributed by atoms with Crippen LogP contribution in [0.3, 0.4) is 0 Å². The Morgan fingerprint density at radius 3 is 0.958 bits per heavy atom. The van der Waals surface area contributed by atoms with Gasteiger partial charge in [0.1, 0.15) is 17.5 Å². The van der Waals surface area contributed by atoms with E-state index in [0.717, 1.165) is 34.2 Å². The van der Waals surface area contributed by atoms with Gasteiger partial charge in [-0.2, -0.15) is 0 Å². The van der Waals surface area contributed by atoms with Gasteiger partial charge in [0.25, 0.3) is 0 Å². The molecule has 0 unspecified atom stereocenters. The standard InChI is InChI=1S/C12H17Cl2N.C12H18ClN.C12H17F2N.C12H18FN.C12H19N.C11H18N2.C9H21N.C8H19N.C8H17N.C7H15N/c1-8(15-12(2,3)4)10-6-5-9(13)7-11(10)14;1-9(14-12(2,3)4)10-5-7-11(13)8-6-10;1-8(15-12(2,3)4)10-6-5-9(13)7-11(10)14;1-9(14-12(2,3)4)10-5-7-11(13)8-6-10;1-10(13-12(2,3)4)11-8-6-5-7-9-11;1-9(13-11(2,3)4)10-5-7-12-8-6-10;1-7(2)8(3)10-9(4,5)6;2*1-6-7(2)9-8(3,4)5;1-7(2,3)8-6-4-5-6/h5-8,15H,1-4H3;5-9,14H,1-4H3;5-8,15H,1-4H3;5-9,14H,1-4H3;5-10,13H,1-4H3;5-9,13H,1-4H3;7-8,10H,1-6H3;7,9H,6H2,1-5H3;6-7,9H,1H2,2-5H3;6,8H,4-5H2,1-3H3/t8-;9-;8-;9-;10-;9-;8-;2*7-;/m000000000./s1. The maximum atomic E-state index is 13.4. The molecule has 0 bridgehead atoms. The highest BCUT2D eigenvalue weighted by molar-refractivity contribution is 6.35. The summed E-state index contributed by atoms with van der Waals surface area (Å²) < 4.78 is 38.8. The third-order valence-corrected chi connectivity index (χ3v) is 18.0. The van der Waals surface area contributed by atoms with Crippen molar-refractivity contribution >= 4 is 34.8 Å². The van der Waals surface area contributed by atoms with E-state index < -0.39 is 11.6 Å². The van der Waals surface area contributed by atoms with Crippen molar-refractivity contribution in [2.75, 3.05) is 0 Å². The van der Waals surface area contributed by atoms with Crippen molar-refractivity contribution in [3.63, 3.8) is 0 Å². The molecule has 9 atom stereocenters. The predicted molar refractivity (Wildman–Crippen MR) is 527 cm³/mol. The Balaban J connectivity index is -0.00000128. The quantitative estimate of drug-likeness (QED) is 0.0356. The van der Waals surface area contributed by atoms with Gasteiger partial charge in [-0.3, -0.25) is 4.98 Å². The molecular weight excluding hydrogens is 1550 g/mol. The number of hydrogen-bond acceptors (Lipinski definition) is 11. The molecule has 10 N–H and O–H groups in total. The summed E-state index contributed by atoms with van der Waals surface area (Å²) in [6.45, 7) is 94.1. The number of pyridine rings is 1. The minimum absolute atomic E-state index is 0.0718. The molecular formula is C103H179Cl3F3N11. The van der Waals surface area contributed by atoms with Crippen molar-refractivity contribution in [2.24, 2.45) is 5.92 Å². The van der Waals surface area contributed by atoms with Gasteiger partial charge in [-0.1, -0.05) is 128 Å². The molecule has 7 rings (SSSR count). The van der Waals surface area contributed by atoms with E-state index >= 15 is 0 Å². The van der Waals surface area contributed by atoms with Crippen LogP contribution >= 0.6 is 34.8 Å². The number of halogens is 6. The van der Waals surface area contributed by atoms with Crippen LogP contribution in [0.4, 0.5) is 13.2 Å². The second-order valence-electron chi connectivity index (χ2n) is 43.0. The Morgan fingerprint density at radius 1 is 0.358 bits per heavy atom. The minimum Gasteiger partial charge on any atom is -0.310 e. The molecule has 5 aromatic carbocycles. The van der Waals surface area contributed by atoms with Crippen LogP contribution in [-0.4, -0.2) is 84.5 Å². The number of benzene rings is 5. The van der Waals surface area contributed by atoms with Gasteiger partial charge < -0.3 is 53.2 Å². The van der Waals surface area contributed by atoms with Gasteiger partial charge >= 0.3 is 0 Å². The average Bonchev–Trinajstić information content (AvgIpc) is 1.20. The molecule has 1 aromatic heterocycles. The summed E-state index contributed by atoms with van der Waals surface area (Å²) >= 11 is 17.8. The fourth-order valence-corrected chi connectivity index (χ4v) is 13.0. The fraction of sp³-hybridized carbons (Fsp3) is 0.641. The second-order valence-corrected chi connectivity index (χ2v) is 44.3. The zero-order chi connectivity index (χ0) is 94.1. The summed E-state index contributed by atoms with van der Waals surface area (Å²) in [6.07, 6.45) is 9.55. The van der Waals surface area contributed by atoms with E-state index in [-0.39, 0.29) is 73.8 Å². The number of nitrogens with one attached hydrogen (secondary N) is 10. The molecule has 1 fully saturated rings. The first-order valence-electron chi connectivity index (χ1n) is 43.9. The molecule has 688 valence electrons. The number of rotatable bonds is 19. The number of aromatic nitrogens is 1. The molecule has 120 heavy (non-hydrogen) atoms. The zero-order valence-electron chi connectivity index (χ0n) is 83.8. The lowest BCUT2D eigenvalue weighted by Crippen LogP contribution is -2.44. The zero-order valence-corrected chi connectivity index (χ0v) is 86.0. The van der Waals surface area contributed by atoms with Crippen LogP contribution in [0, 0.1) is 23.4 Å². The van der Waals surface area contributed by atoms with E-state index in [1.807, 2.05) is 101 Å². The highest BCUT2D eigenvalue weighted by Gasteiger charge is 2.26. The van der Waals surface area contributed by atoms with Crippen LogP contribution in [0.5, 0.6) is 0 Å². The molecule has 6 aromatic rings. The van der Waals surface area contributed by atoms with Gasteiger partial charge in [0.15, 0.2) is 0 Å². The highest BCUT2D eigenvalue weighted by atomic mass is 35.5. The monoisotopic (exact) mass is 1730 g/mol. The lowest BCUT2D eigenvalue weighted by Gasteiger charge is -2.28. The topological polar surface area (TPSA) is 133 Å². The van der Waals surface area contributed by atoms with Crippen molar-refractivity contribution < 1.29 is 13.2 Å². The van der Waals surface area contributed by atoms with E-state index in [2.05, 4.69) is 364 Å². The van der Waals surface area contributed by atoms with Gasteiger partial charge in [0, 0.05) is 155 Å². The third kappa shape index (κ3) is 70.5. The predicted octanol–water partition coefficient (Wildman–Crippen LogP) is 28.7. The Bertz CT molecular complexity index is 3430. The molecule has 0 radical (unpaired) electrons. The van der Waals surface area contributed by atoms with E-state index in [0.29, 0.717) is 57.4 Å². The first-order valence-corrected chi connectivity index (χ1v) is 45.0. The molecule has 1 saturated carbocycles. The summed E-state index contributed by atoms with van der Waals surface area (Å²) in [5.74, 6) is -0.505. The van der Waals surface area contributed by atoms with Crippen molar-refractivity contribution in [3.05, 3.63) is 218 Å². The van der Waals surface area contributed by atoms with Crippen molar-refractivity contribution in [2.45, 2.75) is 426 Å². The lowest BCUT2D eigenvalue weighted by atomic mass is 10.0. The first kappa shape index (κ1) is 119. The molecule has 0 saturated heterocycles. The van der Waals surface area contributed by atoms with Crippen LogP contribution in [0.15, 0.2) is 152 Å². The molecule has 17 heteroatoms. The van der Waals surface area contributed by atoms with E-state index in [1.54, 1.807) is 6.07 Å². The molecule has 11 nitrogen and oxygen atoms in total. The smallest absolute Gasteiger partial charge is 0.130 e. The van der Waals surface area contributed by atoms with Crippen molar-refractivity contribution in [1.82, 2.24) is 58.2 Å². The van der Waals surface area contributed by atoms with Crippen molar-refractivity contribution in [1.29, 1.82) is 0 Å². The maximum absolute atomic E-state index is 13.4. The van der Waals surface area contributed by atoms with Crippen LogP contribution < -0.4 is 53.2 Å². The summed E-state index contributed by atoms with van der Waals surface area (Å²) in [6, 6.07) is 42.5. The molecule has 0 aliphatic heterocycles. The molecule has 0 spiro atoms. The van der Waals surface area contributed by atoms with E-state index in [9.17, 15) is 13.2 Å². The van der Waals surface area contributed by atoms with Crippen LogP contribution in [-0.2, 0) is 0 Å². The first-order chi connectivity index (χ1) is 54.1. The maximum Gasteiger partial charge on any atom is 0.130 e. The summed E-state index contributed by atoms with van der Waals surface area (Å²) in [5.41, 5.74) is 8.16. The van der Waals surface area contributed by atoms with Crippen molar-refractivity contribution in [3.8, 4) is 0 Å². The normalized spacial score (nSPS) is 14.9. The van der Waals surface area contributed by atoms with Crippen LogP contribution in [0.25, 0.3) is 0 Å². The van der Waals surface area contributed by atoms with E-state index in [4.69, 9.17) is 34.8 Å². The third-order valence-electron chi connectivity index (χ3n) is 17.2. The summed E-state index contributed by atoms with van der Waals surface area (Å²) in [4.78, 5) is 4.00. The lowest BCUT2D eigenvalue weighted by molar-refractivity contribution is 0.320. The molecule has 1 heterocycles. The Morgan fingerprint density at radius 2 is 0.675 bits per heavy atom. The largest absolute Gasteiger partial charge is 0.310 e. The fourth-order valence-electron chi connectivity index (χ4n) is 12.3. The summed E-state index contributed by atoms with van der Waals surface area (Å²) in [5, 5.41) is 36.7. The second kappa shape index (κ2) is 55.7.